The molecule has 6 heteroatoms. The topological polar surface area (TPSA) is 98.6 Å². The van der Waals surface area contributed by atoms with E-state index in [0.717, 1.165) is 11.3 Å². The van der Waals surface area contributed by atoms with Gasteiger partial charge in [0.15, 0.2) is 0 Å². The molecule has 0 unspecified atom stereocenters. The van der Waals surface area contributed by atoms with Crippen LogP contribution in [0.1, 0.15) is 12.5 Å². The van der Waals surface area contributed by atoms with Crippen LogP contribution in [-0.4, -0.2) is 43.0 Å². The van der Waals surface area contributed by atoms with Gasteiger partial charge in [-0.2, -0.15) is 0 Å². The van der Waals surface area contributed by atoms with Gasteiger partial charge < -0.3 is 21.1 Å². The van der Waals surface area contributed by atoms with Gasteiger partial charge in [-0.05, 0) is 24.6 Å². The summed E-state index contributed by atoms with van der Waals surface area (Å²) < 4.78 is 5.07. The minimum atomic E-state index is -0.720. The van der Waals surface area contributed by atoms with E-state index in [1.807, 2.05) is 12.1 Å². The molecule has 0 spiro atoms. The van der Waals surface area contributed by atoms with Gasteiger partial charge in [-0.3, -0.25) is 9.59 Å². The van der Waals surface area contributed by atoms with Crippen molar-refractivity contribution in [3.05, 3.63) is 29.8 Å². The number of benzene rings is 1. The molecule has 0 aromatic heterocycles. The summed E-state index contributed by atoms with van der Waals surface area (Å²) in [6.07, 6.45) is 0.342. The van der Waals surface area contributed by atoms with E-state index in [-0.39, 0.29) is 5.91 Å². The number of carbonyl (C=O) groups is 2. The number of carbonyl (C=O) groups excluding carboxylic acids is 2. The van der Waals surface area contributed by atoms with E-state index < -0.39 is 18.0 Å². The number of likely N-dealkylation sites (N-methyl/N-ethyl adjacent to an activating group) is 1. The minimum absolute atomic E-state index is 0.317. The molecule has 0 fully saturated rings. The zero-order valence-corrected chi connectivity index (χ0v) is 12.0. The summed E-state index contributed by atoms with van der Waals surface area (Å²) in [5.74, 6) is -0.149. The van der Waals surface area contributed by atoms with Gasteiger partial charge in [0, 0.05) is 13.5 Å². The van der Waals surface area contributed by atoms with Gasteiger partial charge in [0.2, 0.25) is 11.8 Å². The first-order valence-corrected chi connectivity index (χ1v) is 6.31. The molecule has 1 rings (SSSR count). The first-order chi connectivity index (χ1) is 9.36. The number of ether oxygens (including phenoxy) is 1. The summed E-state index contributed by atoms with van der Waals surface area (Å²) in [6, 6.07) is 5.86. The third-order valence-electron chi connectivity index (χ3n) is 3.12. The van der Waals surface area contributed by atoms with Gasteiger partial charge in [-0.1, -0.05) is 12.1 Å². The second-order valence-corrected chi connectivity index (χ2v) is 4.71. The largest absolute Gasteiger partial charge is 0.497 e. The van der Waals surface area contributed by atoms with Crippen LogP contribution in [0.25, 0.3) is 0 Å². The smallest absolute Gasteiger partial charge is 0.240 e. The quantitative estimate of drug-likeness (QED) is 0.759. The fraction of sp³-hybridized carbons (Fsp3) is 0.429. The number of amides is 2. The average molecular weight is 279 g/mol. The fourth-order valence-corrected chi connectivity index (χ4v) is 1.89. The lowest BCUT2D eigenvalue weighted by molar-refractivity contribution is -0.138. The Morgan fingerprint density at radius 3 is 2.25 bits per heavy atom. The van der Waals surface area contributed by atoms with E-state index in [1.54, 1.807) is 26.2 Å². The summed E-state index contributed by atoms with van der Waals surface area (Å²) >= 11 is 0. The second kappa shape index (κ2) is 6.91. The first-order valence-electron chi connectivity index (χ1n) is 6.31. The summed E-state index contributed by atoms with van der Waals surface area (Å²) in [5, 5.41) is 0. The Kier molecular flexibility index (Phi) is 5.52. The van der Waals surface area contributed by atoms with Crippen LogP contribution in [0.2, 0.25) is 0 Å². The van der Waals surface area contributed by atoms with Crippen molar-refractivity contribution in [3.8, 4) is 5.75 Å². The number of nitrogens with zero attached hydrogens (tertiary/aromatic N) is 1. The van der Waals surface area contributed by atoms with Crippen molar-refractivity contribution < 1.29 is 14.3 Å². The van der Waals surface area contributed by atoms with Crippen molar-refractivity contribution in [1.29, 1.82) is 0 Å². The number of rotatable bonds is 6. The monoisotopic (exact) mass is 279 g/mol. The third-order valence-corrected chi connectivity index (χ3v) is 3.12. The Hall–Kier alpha value is -2.08. The number of hydrogen-bond acceptors (Lipinski definition) is 4. The van der Waals surface area contributed by atoms with Gasteiger partial charge in [0.1, 0.15) is 11.8 Å². The molecule has 1 aromatic rings. The van der Waals surface area contributed by atoms with Crippen LogP contribution >= 0.6 is 0 Å². The second-order valence-electron chi connectivity index (χ2n) is 4.71. The Labute approximate surface area is 118 Å². The molecule has 110 valence electrons. The predicted octanol–water partition coefficient (Wildman–Crippen LogP) is -0.103. The molecular weight excluding hydrogens is 258 g/mol. The Bertz CT molecular complexity index is 471. The molecule has 1 aromatic carbocycles. The summed E-state index contributed by atoms with van der Waals surface area (Å²) in [5.41, 5.74) is 11.8. The molecule has 0 heterocycles. The number of nitrogens with two attached hydrogens (primary N) is 2. The maximum absolute atomic E-state index is 11.9. The Balaban J connectivity index is 2.86. The van der Waals surface area contributed by atoms with Crippen LogP contribution in [0.5, 0.6) is 5.75 Å². The predicted molar refractivity (Wildman–Crippen MR) is 76.1 cm³/mol. The van der Waals surface area contributed by atoms with Crippen LogP contribution < -0.4 is 16.2 Å². The molecule has 2 atom stereocenters. The fourth-order valence-electron chi connectivity index (χ4n) is 1.89. The number of hydrogen-bond donors (Lipinski definition) is 2. The molecule has 0 saturated carbocycles. The summed E-state index contributed by atoms with van der Waals surface area (Å²) in [6.45, 7) is 1.57. The van der Waals surface area contributed by atoms with Crippen molar-refractivity contribution in [3.63, 3.8) is 0 Å². The molecule has 0 aliphatic carbocycles. The zero-order chi connectivity index (χ0) is 15.3. The lowest BCUT2D eigenvalue weighted by atomic mass is 10.0. The Morgan fingerprint density at radius 1 is 1.30 bits per heavy atom. The van der Waals surface area contributed by atoms with Crippen molar-refractivity contribution in [2.24, 2.45) is 11.5 Å². The molecule has 6 nitrogen and oxygen atoms in total. The molecule has 0 radical (unpaired) electrons. The molecule has 0 bridgehead atoms. The van der Waals surface area contributed by atoms with Gasteiger partial charge in [0.05, 0.1) is 13.2 Å². The molecule has 0 aliphatic heterocycles. The molecule has 2 amide bonds. The van der Waals surface area contributed by atoms with Crippen LogP contribution in [0.3, 0.4) is 0 Å². The molecule has 0 saturated heterocycles. The van der Waals surface area contributed by atoms with Crippen molar-refractivity contribution in [1.82, 2.24) is 4.90 Å². The molecule has 20 heavy (non-hydrogen) atoms. The Morgan fingerprint density at radius 2 is 1.85 bits per heavy atom. The van der Waals surface area contributed by atoms with Crippen molar-refractivity contribution in [2.75, 3.05) is 14.2 Å². The highest BCUT2D eigenvalue weighted by atomic mass is 16.5. The number of primary amides is 1. The standard InChI is InChI=1S/C14H21N3O3/c1-9(15)14(19)17(2)12(13(16)18)8-10-4-6-11(20-3)7-5-10/h4-7,9,12H,8,15H2,1-3H3,(H2,16,18)/t9-,12-/m0/s1. The van der Waals surface area contributed by atoms with Gasteiger partial charge in [-0.25, -0.2) is 0 Å². The van der Waals surface area contributed by atoms with Crippen LogP contribution in [-0.2, 0) is 16.0 Å². The van der Waals surface area contributed by atoms with Crippen LogP contribution in [0.4, 0.5) is 0 Å². The van der Waals surface area contributed by atoms with E-state index in [1.165, 1.54) is 11.9 Å². The molecule has 4 N–H and O–H groups in total. The maximum Gasteiger partial charge on any atom is 0.240 e. The molecular formula is C14H21N3O3. The lowest BCUT2D eigenvalue weighted by Gasteiger charge is -2.27. The number of methoxy groups -OCH3 is 1. The highest BCUT2D eigenvalue weighted by Crippen LogP contribution is 2.14. The van der Waals surface area contributed by atoms with E-state index in [4.69, 9.17) is 16.2 Å². The van der Waals surface area contributed by atoms with Gasteiger partial charge in [-0.15, -0.1) is 0 Å². The van der Waals surface area contributed by atoms with E-state index in [2.05, 4.69) is 0 Å². The average Bonchev–Trinajstić information content (AvgIpc) is 2.43. The summed E-state index contributed by atoms with van der Waals surface area (Å²) in [4.78, 5) is 24.7. The van der Waals surface area contributed by atoms with Gasteiger partial charge in [0.25, 0.3) is 0 Å². The van der Waals surface area contributed by atoms with Gasteiger partial charge >= 0.3 is 0 Å². The van der Waals surface area contributed by atoms with Crippen molar-refractivity contribution in [2.45, 2.75) is 25.4 Å². The molecule has 0 aliphatic rings. The lowest BCUT2D eigenvalue weighted by Crippen LogP contribution is -2.51. The third kappa shape index (κ3) is 3.96. The van der Waals surface area contributed by atoms with E-state index in [9.17, 15) is 9.59 Å². The summed E-state index contributed by atoms with van der Waals surface area (Å²) in [7, 11) is 3.11. The van der Waals surface area contributed by atoms with Crippen molar-refractivity contribution >= 4 is 11.8 Å². The minimum Gasteiger partial charge on any atom is -0.497 e. The normalized spacial score (nSPS) is 13.4. The highest BCUT2D eigenvalue weighted by Gasteiger charge is 2.26. The first kappa shape index (κ1) is 16.0. The maximum atomic E-state index is 11.9. The van der Waals surface area contributed by atoms with Crippen LogP contribution in [0.15, 0.2) is 24.3 Å². The van der Waals surface area contributed by atoms with E-state index in [0.29, 0.717) is 6.42 Å². The SMILES string of the molecule is COc1ccc(C[C@@H](C(N)=O)N(C)C(=O)[C@H](C)N)cc1. The zero-order valence-electron chi connectivity index (χ0n) is 12.0. The van der Waals surface area contributed by atoms with E-state index >= 15 is 0 Å². The highest BCUT2D eigenvalue weighted by molar-refractivity contribution is 5.88. The van der Waals surface area contributed by atoms with Crippen LogP contribution in [0, 0.1) is 0 Å².